The van der Waals surface area contributed by atoms with Crippen molar-refractivity contribution in [3.63, 3.8) is 0 Å². The SMILES string of the molecule is CCN(CC)C(=O)c1cncc(O[C@@H]2SC[C@@H](O)[C@H](O)[C@H]2O)c1. The van der Waals surface area contributed by atoms with E-state index >= 15 is 0 Å². The second-order valence-electron chi connectivity index (χ2n) is 5.25. The molecule has 1 fully saturated rings. The smallest absolute Gasteiger partial charge is 0.255 e. The summed E-state index contributed by atoms with van der Waals surface area (Å²) in [7, 11) is 0. The van der Waals surface area contributed by atoms with Gasteiger partial charge in [-0.2, -0.15) is 0 Å². The van der Waals surface area contributed by atoms with Gasteiger partial charge in [-0.05, 0) is 19.9 Å². The second-order valence-corrected chi connectivity index (χ2v) is 6.39. The van der Waals surface area contributed by atoms with E-state index in [0.29, 0.717) is 24.4 Å². The van der Waals surface area contributed by atoms with Crippen molar-refractivity contribution in [3.8, 4) is 5.75 Å². The second kappa shape index (κ2) is 7.96. The Morgan fingerprint density at radius 1 is 1.30 bits per heavy atom. The van der Waals surface area contributed by atoms with Crippen molar-refractivity contribution in [1.82, 2.24) is 9.88 Å². The van der Waals surface area contributed by atoms with Gasteiger partial charge in [-0.15, -0.1) is 11.8 Å². The van der Waals surface area contributed by atoms with Crippen LogP contribution in [-0.2, 0) is 0 Å². The molecular weight excluding hydrogens is 320 g/mol. The molecule has 0 aliphatic carbocycles. The Hall–Kier alpha value is -1.35. The number of pyridine rings is 1. The third-order valence-electron chi connectivity index (χ3n) is 3.72. The number of aromatic nitrogens is 1. The highest BCUT2D eigenvalue weighted by atomic mass is 32.2. The van der Waals surface area contributed by atoms with Gasteiger partial charge in [0.2, 0.25) is 0 Å². The predicted molar refractivity (Wildman–Crippen MR) is 86.4 cm³/mol. The number of hydrogen-bond acceptors (Lipinski definition) is 7. The molecule has 1 aliphatic rings. The Morgan fingerprint density at radius 2 is 2.00 bits per heavy atom. The van der Waals surface area contributed by atoms with Gasteiger partial charge in [0.25, 0.3) is 5.91 Å². The van der Waals surface area contributed by atoms with Gasteiger partial charge < -0.3 is 25.0 Å². The molecule has 2 rings (SSSR count). The third kappa shape index (κ3) is 4.14. The Labute approximate surface area is 139 Å². The fourth-order valence-electron chi connectivity index (χ4n) is 2.31. The number of amides is 1. The van der Waals surface area contributed by atoms with Gasteiger partial charge >= 0.3 is 0 Å². The molecule has 7 nitrogen and oxygen atoms in total. The Balaban J connectivity index is 2.10. The van der Waals surface area contributed by atoms with Crippen LogP contribution in [0.3, 0.4) is 0 Å². The van der Waals surface area contributed by atoms with Crippen molar-refractivity contribution >= 4 is 17.7 Å². The molecule has 2 heterocycles. The van der Waals surface area contributed by atoms with Crippen LogP contribution in [0.1, 0.15) is 24.2 Å². The summed E-state index contributed by atoms with van der Waals surface area (Å²) in [5.41, 5.74) is -0.323. The lowest BCUT2D eigenvalue weighted by Gasteiger charge is -2.34. The number of ether oxygens (including phenoxy) is 1. The van der Waals surface area contributed by atoms with Crippen molar-refractivity contribution < 1.29 is 24.9 Å². The van der Waals surface area contributed by atoms with E-state index in [4.69, 9.17) is 4.74 Å². The first kappa shape index (κ1) is 18.0. The lowest BCUT2D eigenvalue weighted by Crippen LogP contribution is -2.50. The molecule has 1 aliphatic heterocycles. The van der Waals surface area contributed by atoms with Crippen LogP contribution in [0, 0.1) is 0 Å². The monoisotopic (exact) mass is 342 g/mol. The van der Waals surface area contributed by atoms with Gasteiger partial charge in [0.15, 0.2) is 5.44 Å². The average Bonchev–Trinajstić information content (AvgIpc) is 2.57. The maximum Gasteiger partial charge on any atom is 0.255 e. The average molecular weight is 342 g/mol. The van der Waals surface area contributed by atoms with E-state index in [1.54, 1.807) is 11.0 Å². The maximum absolute atomic E-state index is 12.3. The first-order valence-electron chi connectivity index (χ1n) is 7.54. The van der Waals surface area contributed by atoms with Crippen molar-refractivity contribution in [2.24, 2.45) is 0 Å². The molecule has 0 bridgehead atoms. The summed E-state index contributed by atoms with van der Waals surface area (Å²) in [6.07, 6.45) is -0.538. The van der Waals surface area contributed by atoms with Crippen LogP contribution in [0.25, 0.3) is 0 Å². The number of aliphatic hydroxyl groups is 3. The molecule has 128 valence electrons. The zero-order chi connectivity index (χ0) is 17.0. The minimum absolute atomic E-state index is 0.139. The number of hydrogen-bond donors (Lipinski definition) is 3. The van der Waals surface area contributed by atoms with Gasteiger partial charge in [-0.1, -0.05) is 0 Å². The lowest BCUT2D eigenvalue weighted by atomic mass is 10.1. The van der Waals surface area contributed by atoms with E-state index in [-0.39, 0.29) is 11.7 Å². The Bertz CT molecular complexity index is 540. The molecule has 1 amide bonds. The summed E-state index contributed by atoms with van der Waals surface area (Å²) in [5, 5.41) is 29.2. The van der Waals surface area contributed by atoms with Crippen LogP contribution >= 0.6 is 11.8 Å². The molecule has 8 heteroatoms. The Kier molecular flexibility index (Phi) is 6.23. The van der Waals surface area contributed by atoms with Crippen LogP contribution in [0.15, 0.2) is 18.5 Å². The highest BCUT2D eigenvalue weighted by molar-refractivity contribution is 7.99. The number of carbonyl (C=O) groups excluding carboxylic acids is 1. The molecule has 0 spiro atoms. The van der Waals surface area contributed by atoms with Crippen LogP contribution in [0.4, 0.5) is 0 Å². The van der Waals surface area contributed by atoms with Crippen LogP contribution in [0.2, 0.25) is 0 Å². The molecule has 1 aromatic rings. The van der Waals surface area contributed by atoms with Gasteiger partial charge in [0.05, 0.1) is 17.9 Å². The van der Waals surface area contributed by atoms with Crippen molar-refractivity contribution in [3.05, 3.63) is 24.0 Å². The van der Waals surface area contributed by atoms with E-state index in [2.05, 4.69) is 4.98 Å². The summed E-state index contributed by atoms with van der Waals surface area (Å²) in [6.45, 7) is 5.00. The number of nitrogens with zero attached hydrogens (tertiary/aromatic N) is 2. The van der Waals surface area contributed by atoms with Crippen LogP contribution in [-0.4, -0.2) is 73.7 Å². The van der Waals surface area contributed by atoms with E-state index in [9.17, 15) is 20.1 Å². The summed E-state index contributed by atoms with van der Waals surface area (Å²) in [6, 6.07) is 1.57. The zero-order valence-electron chi connectivity index (χ0n) is 13.1. The molecule has 0 aromatic carbocycles. The molecule has 4 atom stereocenters. The standard InChI is InChI=1S/C15H22N2O5S/c1-3-17(4-2)14(21)9-5-10(7-16-6-9)22-15-13(20)12(19)11(18)8-23-15/h5-7,11-13,15,18-20H,3-4,8H2,1-2H3/t11-,12+,13-,15-/m1/s1. The summed E-state index contributed by atoms with van der Waals surface area (Å²) >= 11 is 1.20. The van der Waals surface area contributed by atoms with Gasteiger partial charge in [-0.3, -0.25) is 9.78 Å². The number of thioether (sulfide) groups is 1. The number of aliphatic hydroxyl groups excluding tert-OH is 3. The molecule has 1 saturated heterocycles. The number of rotatable bonds is 5. The number of carbonyl (C=O) groups is 1. The predicted octanol–water partition coefficient (Wildman–Crippen LogP) is 0.0980. The minimum atomic E-state index is -1.25. The third-order valence-corrected chi connectivity index (χ3v) is 4.95. The fraction of sp³-hybridized carbons (Fsp3) is 0.600. The molecule has 0 saturated carbocycles. The van der Waals surface area contributed by atoms with Crippen LogP contribution in [0.5, 0.6) is 5.75 Å². The van der Waals surface area contributed by atoms with Crippen LogP contribution < -0.4 is 4.74 Å². The molecule has 1 aromatic heterocycles. The van der Waals surface area contributed by atoms with Crippen molar-refractivity contribution in [2.75, 3.05) is 18.8 Å². The largest absolute Gasteiger partial charge is 0.475 e. The first-order valence-corrected chi connectivity index (χ1v) is 8.59. The summed E-state index contributed by atoms with van der Waals surface area (Å²) in [5.74, 6) is 0.456. The highest BCUT2D eigenvalue weighted by Crippen LogP contribution is 2.29. The summed E-state index contributed by atoms with van der Waals surface area (Å²) in [4.78, 5) is 18.0. The maximum atomic E-state index is 12.3. The molecule has 23 heavy (non-hydrogen) atoms. The minimum Gasteiger partial charge on any atom is -0.475 e. The van der Waals surface area contributed by atoms with Gasteiger partial charge in [0, 0.05) is 25.0 Å². The lowest BCUT2D eigenvalue weighted by molar-refractivity contribution is -0.0786. The topological polar surface area (TPSA) is 103 Å². The van der Waals surface area contributed by atoms with E-state index in [0.717, 1.165) is 0 Å². The van der Waals surface area contributed by atoms with E-state index < -0.39 is 23.7 Å². The van der Waals surface area contributed by atoms with Crippen molar-refractivity contribution in [1.29, 1.82) is 0 Å². The quantitative estimate of drug-likeness (QED) is 0.697. The molecule has 0 unspecified atom stereocenters. The highest BCUT2D eigenvalue weighted by Gasteiger charge is 2.38. The normalized spacial score (nSPS) is 27.5. The van der Waals surface area contributed by atoms with Gasteiger partial charge in [-0.25, -0.2) is 0 Å². The molecular formula is C15H22N2O5S. The van der Waals surface area contributed by atoms with E-state index in [1.165, 1.54) is 24.2 Å². The summed E-state index contributed by atoms with van der Waals surface area (Å²) < 4.78 is 5.63. The molecule has 0 radical (unpaired) electrons. The molecule has 3 N–H and O–H groups in total. The first-order chi connectivity index (χ1) is 11.0. The van der Waals surface area contributed by atoms with Crippen molar-refractivity contribution in [2.45, 2.75) is 37.6 Å². The Morgan fingerprint density at radius 3 is 2.65 bits per heavy atom. The zero-order valence-corrected chi connectivity index (χ0v) is 13.9. The fourth-order valence-corrected chi connectivity index (χ4v) is 3.43. The van der Waals surface area contributed by atoms with Gasteiger partial charge in [0.1, 0.15) is 18.0 Å². The van der Waals surface area contributed by atoms with E-state index in [1.807, 2.05) is 13.8 Å².